The summed E-state index contributed by atoms with van der Waals surface area (Å²) in [4.78, 5) is 18.4. The Balaban J connectivity index is 2.20. The number of pyridine rings is 1. The molecule has 0 aliphatic rings. The quantitative estimate of drug-likeness (QED) is 0.601. The first-order chi connectivity index (χ1) is 12.6. The highest BCUT2D eigenvalue weighted by Crippen LogP contribution is 2.37. The van der Waals surface area contributed by atoms with Gasteiger partial charge >= 0.3 is 0 Å². The van der Waals surface area contributed by atoms with Crippen molar-refractivity contribution in [2.45, 2.75) is 33.2 Å². The number of rotatable bonds is 9. The molecular formula is C20H25ClN2O3. The number of unbranched alkanes of at least 4 members (excludes halogenated alkanes) is 1. The molecule has 0 aliphatic heterocycles. The number of hydrogen-bond donors (Lipinski definition) is 0. The van der Waals surface area contributed by atoms with E-state index in [-0.39, 0.29) is 5.91 Å². The predicted octanol–water partition coefficient (Wildman–Crippen LogP) is 4.58. The van der Waals surface area contributed by atoms with E-state index in [9.17, 15) is 4.79 Å². The molecule has 0 bridgehead atoms. The van der Waals surface area contributed by atoms with E-state index in [0.717, 1.165) is 18.4 Å². The summed E-state index contributed by atoms with van der Waals surface area (Å²) in [7, 11) is 1.75. The van der Waals surface area contributed by atoms with Gasteiger partial charge in [-0.15, -0.1) is 0 Å². The van der Waals surface area contributed by atoms with Crippen molar-refractivity contribution in [2.24, 2.45) is 0 Å². The zero-order valence-corrected chi connectivity index (χ0v) is 16.3. The lowest BCUT2D eigenvalue weighted by molar-refractivity contribution is 0.0784. The minimum atomic E-state index is -0.134. The molecule has 2 aromatic rings. The van der Waals surface area contributed by atoms with Crippen LogP contribution in [0.2, 0.25) is 5.02 Å². The van der Waals surface area contributed by atoms with E-state index < -0.39 is 0 Å². The normalized spacial score (nSPS) is 10.5. The van der Waals surface area contributed by atoms with Crippen LogP contribution in [0, 0.1) is 0 Å². The maximum Gasteiger partial charge on any atom is 0.254 e. The molecule has 1 aromatic heterocycles. The predicted molar refractivity (Wildman–Crippen MR) is 103 cm³/mol. The van der Waals surface area contributed by atoms with Gasteiger partial charge in [0.1, 0.15) is 0 Å². The summed E-state index contributed by atoms with van der Waals surface area (Å²) in [5.74, 6) is 0.858. The van der Waals surface area contributed by atoms with E-state index in [1.165, 1.54) is 0 Å². The van der Waals surface area contributed by atoms with Crippen molar-refractivity contribution in [3.63, 3.8) is 0 Å². The SMILES string of the molecule is CCCCOc1c(Cl)cc(C(=O)N(C)Cc2ccncc2)cc1OCC. The molecule has 0 saturated carbocycles. The van der Waals surface area contributed by atoms with Crippen molar-refractivity contribution in [2.75, 3.05) is 20.3 Å². The van der Waals surface area contributed by atoms with Gasteiger partial charge in [0.15, 0.2) is 11.5 Å². The molecule has 0 N–H and O–H groups in total. The Hall–Kier alpha value is -2.27. The van der Waals surface area contributed by atoms with Crippen LogP contribution in [-0.4, -0.2) is 36.1 Å². The average Bonchev–Trinajstić information content (AvgIpc) is 2.64. The fourth-order valence-electron chi connectivity index (χ4n) is 2.47. The third-order valence-corrected chi connectivity index (χ3v) is 4.10. The van der Waals surface area contributed by atoms with Gasteiger partial charge in [-0.1, -0.05) is 24.9 Å². The average molecular weight is 377 g/mol. The lowest BCUT2D eigenvalue weighted by atomic mass is 10.1. The van der Waals surface area contributed by atoms with Crippen molar-refractivity contribution in [3.05, 3.63) is 52.8 Å². The Labute approximate surface area is 159 Å². The van der Waals surface area contributed by atoms with Gasteiger partial charge in [0.2, 0.25) is 0 Å². The van der Waals surface area contributed by atoms with E-state index in [2.05, 4.69) is 11.9 Å². The third kappa shape index (κ3) is 5.36. The van der Waals surface area contributed by atoms with Crippen molar-refractivity contribution in [1.29, 1.82) is 0 Å². The molecule has 5 nitrogen and oxygen atoms in total. The molecule has 0 fully saturated rings. The fourth-order valence-corrected chi connectivity index (χ4v) is 2.73. The smallest absolute Gasteiger partial charge is 0.254 e. The lowest BCUT2D eigenvalue weighted by Crippen LogP contribution is -2.26. The van der Waals surface area contributed by atoms with Crippen LogP contribution in [-0.2, 0) is 6.54 Å². The van der Waals surface area contributed by atoms with Gasteiger partial charge in [0.25, 0.3) is 5.91 Å². The number of carbonyl (C=O) groups excluding carboxylic acids is 1. The number of ether oxygens (including phenoxy) is 2. The van der Waals surface area contributed by atoms with Crippen LogP contribution < -0.4 is 9.47 Å². The van der Waals surface area contributed by atoms with Crippen molar-refractivity contribution in [1.82, 2.24) is 9.88 Å². The van der Waals surface area contributed by atoms with E-state index >= 15 is 0 Å². The molecule has 0 atom stereocenters. The summed E-state index contributed by atoms with van der Waals surface area (Å²) >= 11 is 6.37. The Kier molecular flexibility index (Phi) is 7.73. The molecule has 0 saturated heterocycles. The second-order valence-corrected chi connectivity index (χ2v) is 6.34. The molecule has 26 heavy (non-hydrogen) atoms. The summed E-state index contributed by atoms with van der Waals surface area (Å²) in [6, 6.07) is 7.10. The topological polar surface area (TPSA) is 51.7 Å². The van der Waals surface area contributed by atoms with Gasteiger partial charge in [0.05, 0.1) is 18.2 Å². The Morgan fingerprint density at radius 1 is 1.19 bits per heavy atom. The van der Waals surface area contributed by atoms with Gasteiger partial charge < -0.3 is 14.4 Å². The summed E-state index contributed by atoms with van der Waals surface area (Å²) in [5.41, 5.74) is 1.48. The van der Waals surface area contributed by atoms with Crippen LogP contribution >= 0.6 is 11.6 Å². The molecule has 0 spiro atoms. The van der Waals surface area contributed by atoms with Gasteiger partial charge in [-0.05, 0) is 43.2 Å². The number of benzene rings is 1. The Morgan fingerprint density at radius 2 is 1.92 bits per heavy atom. The van der Waals surface area contributed by atoms with Crippen LogP contribution in [0.25, 0.3) is 0 Å². The van der Waals surface area contributed by atoms with Crippen LogP contribution in [0.4, 0.5) is 0 Å². The minimum absolute atomic E-state index is 0.134. The summed E-state index contributed by atoms with van der Waals surface area (Å²) in [6.07, 6.45) is 5.37. The maximum atomic E-state index is 12.8. The standard InChI is InChI=1S/C20H25ClN2O3/c1-4-6-11-26-19-17(21)12-16(13-18(19)25-5-2)20(24)23(3)14-15-7-9-22-10-8-15/h7-10,12-13H,4-6,11,14H2,1-3H3. The first-order valence-electron chi connectivity index (χ1n) is 8.80. The number of carbonyl (C=O) groups is 1. The van der Waals surface area contributed by atoms with Crippen molar-refractivity contribution < 1.29 is 14.3 Å². The van der Waals surface area contributed by atoms with Crippen LogP contribution in [0.15, 0.2) is 36.7 Å². The van der Waals surface area contributed by atoms with E-state index in [0.29, 0.717) is 41.8 Å². The molecule has 140 valence electrons. The highest BCUT2D eigenvalue weighted by Gasteiger charge is 2.19. The first-order valence-corrected chi connectivity index (χ1v) is 9.18. The molecule has 1 heterocycles. The van der Waals surface area contributed by atoms with Crippen LogP contribution in [0.5, 0.6) is 11.5 Å². The molecule has 2 rings (SSSR count). The molecule has 6 heteroatoms. The second-order valence-electron chi connectivity index (χ2n) is 5.94. The molecule has 0 unspecified atom stereocenters. The molecule has 0 radical (unpaired) electrons. The highest BCUT2D eigenvalue weighted by atomic mass is 35.5. The molecule has 1 amide bonds. The summed E-state index contributed by atoms with van der Waals surface area (Å²) in [6.45, 7) is 5.48. The zero-order valence-electron chi connectivity index (χ0n) is 15.5. The molecule has 0 aliphatic carbocycles. The number of halogens is 1. The highest BCUT2D eigenvalue weighted by molar-refractivity contribution is 6.32. The largest absolute Gasteiger partial charge is 0.490 e. The third-order valence-electron chi connectivity index (χ3n) is 3.82. The van der Waals surface area contributed by atoms with E-state index in [4.69, 9.17) is 21.1 Å². The first kappa shape index (κ1) is 20.0. The van der Waals surface area contributed by atoms with E-state index in [1.807, 2.05) is 19.1 Å². The second kappa shape index (κ2) is 10.0. The summed E-state index contributed by atoms with van der Waals surface area (Å²) < 4.78 is 11.4. The fraction of sp³-hybridized carbons (Fsp3) is 0.400. The van der Waals surface area contributed by atoms with Gasteiger partial charge in [-0.3, -0.25) is 9.78 Å². The minimum Gasteiger partial charge on any atom is -0.490 e. The number of aromatic nitrogens is 1. The Morgan fingerprint density at radius 3 is 2.58 bits per heavy atom. The number of hydrogen-bond acceptors (Lipinski definition) is 4. The lowest BCUT2D eigenvalue weighted by Gasteiger charge is -2.19. The summed E-state index contributed by atoms with van der Waals surface area (Å²) in [5, 5.41) is 0.382. The molecular weight excluding hydrogens is 352 g/mol. The Bertz CT molecular complexity index is 722. The molecule has 1 aromatic carbocycles. The number of nitrogens with zero attached hydrogens (tertiary/aromatic N) is 2. The van der Waals surface area contributed by atoms with Crippen LogP contribution in [0.3, 0.4) is 0 Å². The van der Waals surface area contributed by atoms with Gasteiger partial charge in [-0.25, -0.2) is 0 Å². The number of amides is 1. The zero-order chi connectivity index (χ0) is 18.9. The maximum absolute atomic E-state index is 12.8. The van der Waals surface area contributed by atoms with Crippen LogP contribution in [0.1, 0.15) is 42.6 Å². The van der Waals surface area contributed by atoms with Crippen molar-refractivity contribution in [3.8, 4) is 11.5 Å². The van der Waals surface area contributed by atoms with Crippen molar-refractivity contribution >= 4 is 17.5 Å². The van der Waals surface area contributed by atoms with E-state index in [1.54, 1.807) is 36.5 Å². The van der Waals surface area contributed by atoms with Gasteiger partial charge in [-0.2, -0.15) is 0 Å². The monoisotopic (exact) mass is 376 g/mol. The van der Waals surface area contributed by atoms with Gasteiger partial charge in [0, 0.05) is 31.5 Å².